The van der Waals surface area contributed by atoms with Crippen LogP contribution in [0.25, 0.3) is 0 Å². The summed E-state index contributed by atoms with van der Waals surface area (Å²) >= 11 is 0. The average molecular weight is 246 g/mol. The summed E-state index contributed by atoms with van der Waals surface area (Å²) in [7, 11) is 1.54. The predicted molar refractivity (Wildman–Crippen MR) is 71.8 cm³/mol. The number of benzene rings is 2. The summed E-state index contributed by atoms with van der Waals surface area (Å²) in [5.41, 5.74) is 8.53. The molecule has 3 N–H and O–H groups in total. The molecule has 0 unspecified atom stereocenters. The average Bonchev–Trinajstić information content (AvgIpc) is 2.35. The minimum atomic E-state index is -0.351. The number of hydrogen-bond donors (Lipinski definition) is 2. The Bertz CT molecular complexity index is 570. The van der Waals surface area contributed by atoms with Crippen molar-refractivity contribution >= 4 is 17.1 Å². The van der Waals surface area contributed by atoms with Gasteiger partial charge >= 0.3 is 0 Å². The molecule has 0 spiro atoms. The van der Waals surface area contributed by atoms with Crippen molar-refractivity contribution in [2.24, 2.45) is 0 Å². The van der Waals surface area contributed by atoms with Crippen LogP contribution in [0.15, 0.2) is 36.4 Å². The van der Waals surface area contributed by atoms with Gasteiger partial charge < -0.3 is 15.8 Å². The van der Waals surface area contributed by atoms with E-state index in [4.69, 9.17) is 10.5 Å². The standard InChI is InChI=1S/C14H15FN2O/c1-9-3-6-13(12(16)7-9)17-14-8-10(18-2)4-5-11(14)15/h3-8,17H,16H2,1-2H3. The highest BCUT2D eigenvalue weighted by molar-refractivity contribution is 5.73. The molecule has 0 aliphatic carbocycles. The second kappa shape index (κ2) is 4.96. The predicted octanol–water partition coefficient (Wildman–Crippen LogP) is 3.47. The molecule has 0 bridgehead atoms. The minimum absolute atomic E-state index is 0.338. The molecule has 2 aromatic carbocycles. The Morgan fingerprint density at radius 1 is 1.11 bits per heavy atom. The van der Waals surface area contributed by atoms with Gasteiger partial charge in [0.15, 0.2) is 0 Å². The van der Waals surface area contributed by atoms with Crippen molar-refractivity contribution in [2.75, 3.05) is 18.2 Å². The van der Waals surface area contributed by atoms with Crippen LogP contribution in [0.1, 0.15) is 5.56 Å². The Morgan fingerprint density at radius 3 is 2.56 bits per heavy atom. The SMILES string of the molecule is COc1ccc(F)c(Nc2ccc(C)cc2N)c1. The van der Waals surface area contributed by atoms with Crippen LogP contribution in [0.3, 0.4) is 0 Å². The molecule has 0 aliphatic rings. The van der Waals surface area contributed by atoms with Crippen LogP contribution in [-0.2, 0) is 0 Å². The van der Waals surface area contributed by atoms with Crippen LogP contribution in [0.2, 0.25) is 0 Å². The fourth-order valence-electron chi connectivity index (χ4n) is 1.67. The maximum Gasteiger partial charge on any atom is 0.146 e. The van der Waals surface area contributed by atoms with Gasteiger partial charge in [0.05, 0.1) is 24.2 Å². The van der Waals surface area contributed by atoms with Crippen molar-refractivity contribution in [3.63, 3.8) is 0 Å². The topological polar surface area (TPSA) is 47.3 Å². The number of hydrogen-bond acceptors (Lipinski definition) is 3. The number of rotatable bonds is 3. The van der Waals surface area contributed by atoms with Gasteiger partial charge in [-0.15, -0.1) is 0 Å². The molecular weight excluding hydrogens is 231 g/mol. The zero-order valence-electron chi connectivity index (χ0n) is 10.3. The van der Waals surface area contributed by atoms with Gasteiger partial charge in [0, 0.05) is 6.07 Å². The van der Waals surface area contributed by atoms with E-state index in [1.807, 2.05) is 25.1 Å². The fraction of sp³-hybridized carbons (Fsp3) is 0.143. The first-order valence-electron chi connectivity index (χ1n) is 5.57. The summed E-state index contributed by atoms with van der Waals surface area (Å²) in [6, 6.07) is 10.1. The van der Waals surface area contributed by atoms with Gasteiger partial charge in [-0.05, 0) is 36.8 Å². The monoisotopic (exact) mass is 246 g/mol. The van der Waals surface area contributed by atoms with E-state index in [0.29, 0.717) is 22.8 Å². The second-order valence-corrected chi connectivity index (χ2v) is 4.06. The van der Waals surface area contributed by atoms with Crippen LogP contribution >= 0.6 is 0 Å². The lowest BCUT2D eigenvalue weighted by atomic mass is 10.2. The highest BCUT2D eigenvalue weighted by Gasteiger charge is 2.06. The third kappa shape index (κ3) is 2.53. The Hall–Kier alpha value is -2.23. The third-order valence-electron chi connectivity index (χ3n) is 2.65. The van der Waals surface area contributed by atoms with Crippen molar-refractivity contribution < 1.29 is 9.13 Å². The number of halogens is 1. The fourth-order valence-corrected chi connectivity index (χ4v) is 1.67. The van der Waals surface area contributed by atoms with Crippen LogP contribution in [0.5, 0.6) is 5.75 Å². The largest absolute Gasteiger partial charge is 0.497 e. The van der Waals surface area contributed by atoms with Crippen LogP contribution in [-0.4, -0.2) is 7.11 Å². The molecule has 18 heavy (non-hydrogen) atoms. The normalized spacial score (nSPS) is 10.2. The zero-order valence-corrected chi connectivity index (χ0v) is 10.3. The number of methoxy groups -OCH3 is 1. The molecule has 0 heterocycles. The van der Waals surface area contributed by atoms with Gasteiger partial charge in [-0.25, -0.2) is 4.39 Å². The smallest absolute Gasteiger partial charge is 0.146 e. The van der Waals surface area contributed by atoms with Crippen LogP contribution < -0.4 is 15.8 Å². The lowest BCUT2D eigenvalue weighted by Gasteiger charge is -2.11. The highest BCUT2D eigenvalue weighted by atomic mass is 19.1. The maximum atomic E-state index is 13.6. The number of nitrogens with one attached hydrogen (secondary N) is 1. The minimum Gasteiger partial charge on any atom is -0.497 e. The van der Waals surface area contributed by atoms with Gasteiger partial charge in [-0.1, -0.05) is 6.07 Å². The number of nitrogen functional groups attached to an aromatic ring is 1. The van der Waals surface area contributed by atoms with Crippen molar-refractivity contribution in [3.8, 4) is 5.75 Å². The summed E-state index contributed by atoms with van der Waals surface area (Å²) in [4.78, 5) is 0. The Morgan fingerprint density at radius 2 is 1.89 bits per heavy atom. The van der Waals surface area contributed by atoms with Crippen molar-refractivity contribution in [1.29, 1.82) is 0 Å². The van der Waals surface area contributed by atoms with Crippen molar-refractivity contribution in [3.05, 3.63) is 47.8 Å². The number of nitrogens with two attached hydrogens (primary N) is 1. The summed E-state index contributed by atoms with van der Waals surface area (Å²) in [5, 5.41) is 2.96. The summed E-state index contributed by atoms with van der Waals surface area (Å²) < 4.78 is 18.7. The van der Waals surface area contributed by atoms with E-state index in [1.165, 1.54) is 13.2 Å². The first-order chi connectivity index (χ1) is 8.60. The maximum absolute atomic E-state index is 13.6. The molecular formula is C14H15FN2O. The quantitative estimate of drug-likeness (QED) is 0.815. The van der Waals surface area contributed by atoms with Crippen molar-refractivity contribution in [2.45, 2.75) is 6.92 Å². The van der Waals surface area contributed by atoms with E-state index in [2.05, 4.69) is 5.32 Å². The molecule has 2 rings (SSSR count). The van der Waals surface area contributed by atoms with Crippen LogP contribution in [0.4, 0.5) is 21.5 Å². The zero-order chi connectivity index (χ0) is 13.1. The van der Waals surface area contributed by atoms with E-state index in [-0.39, 0.29) is 5.82 Å². The number of anilines is 3. The molecule has 0 atom stereocenters. The molecule has 0 fully saturated rings. The van der Waals surface area contributed by atoms with E-state index in [9.17, 15) is 4.39 Å². The van der Waals surface area contributed by atoms with E-state index >= 15 is 0 Å². The lowest BCUT2D eigenvalue weighted by Crippen LogP contribution is -1.99. The first-order valence-corrected chi connectivity index (χ1v) is 5.57. The molecule has 0 aliphatic heterocycles. The molecule has 3 nitrogen and oxygen atoms in total. The Labute approximate surface area is 105 Å². The first kappa shape index (κ1) is 12.2. The summed E-state index contributed by atoms with van der Waals surface area (Å²) in [6.45, 7) is 1.95. The molecule has 0 saturated carbocycles. The third-order valence-corrected chi connectivity index (χ3v) is 2.65. The molecule has 0 radical (unpaired) electrons. The molecule has 0 saturated heterocycles. The summed E-state index contributed by atoms with van der Waals surface area (Å²) in [6.07, 6.45) is 0. The molecule has 4 heteroatoms. The second-order valence-electron chi connectivity index (χ2n) is 4.06. The Balaban J connectivity index is 2.33. The highest BCUT2D eigenvalue weighted by Crippen LogP contribution is 2.28. The van der Waals surface area contributed by atoms with Gasteiger partial charge in [0.25, 0.3) is 0 Å². The van der Waals surface area contributed by atoms with Gasteiger partial charge in [0.2, 0.25) is 0 Å². The van der Waals surface area contributed by atoms with Gasteiger partial charge in [-0.2, -0.15) is 0 Å². The van der Waals surface area contributed by atoms with Crippen LogP contribution in [0, 0.1) is 12.7 Å². The number of ether oxygens (including phenoxy) is 1. The Kier molecular flexibility index (Phi) is 3.37. The number of aryl methyl sites for hydroxylation is 1. The summed E-state index contributed by atoms with van der Waals surface area (Å²) in [5.74, 6) is 0.236. The van der Waals surface area contributed by atoms with Gasteiger partial charge in [0.1, 0.15) is 11.6 Å². The molecule has 94 valence electrons. The lowest BCUT2D eigenvalue weighted by molar-refractivity contribution is 0.414. The molecule has 0 amide bonds. The molecule has 2 aromatic rings. The van der Waals surface area contributed by atoms with E-state index in [0.717, 1.165) is 5.56 Å². The van der Waals surface area contributed by atoms with Crippen molar-refractivity contribution in [1.82, 2.24) is 0 Å². The van der Waals surface area contributed by atoms with Gasteiger partial charge in [-0.3, -0.25) is 0 Å². The van der Waals surface area contributed by atoms with E-state index < -0.39 is 0 Å². The van der Waals surface area contributed by atoms with E-state index in [1.54, 1.807) is 12.1 Å². The molecule has 0 aromatic heterocycles.